The zero-order valence-corrected chi connectivity index (χ0v) is 9.40. The molecular weight excluding hydrogens is 212 g/mol. The summed E-state index contributed by atoms with van der Waals surface area (Å²) < 4.78 is 1.35. The van der Waals surface area contributed by atoms with E-state index in [1.807, 2.05) is 11.8 Å². The van der Waals surface area contributed by atoms with Gasteiger partial charge in [0, 0.05) is 32.7 Å². The van der Waals surface area contributed by atoms with Gasteiger partial charge in [-0.3, -0.25) is 0 Å². The maximum Gasteiger partial charge on any atom is 0.0439 e. The minimum absolute atomic E-state index is 0.287. The van der Waals surface area contributed by atoms with Crippen molar-refractivity contribution in [1.29, 1.82) is 0 Å². The van der Waals surface area contributed by atoms with Crippen LogP contribution in [0.1, 0.15) is 6.42 Å². The number of fused-ring (bicyclic) bond motifs is 1. The lowest BCUT2D eigenvalue weighted by atomic mass is 10.3. The van der Waals surface area contributed by atoms with Gasteiger partial charge in [0.1, 0.15) is 0 Å². The van der Waals surface area contributed by atoms with Gasteiger partial charge in [0.2, 0.25) is 0 Å². The van der Waals surface area contributed by atoms with Gasteiger partial charge >= 0.3 is 0 Å². The molecule has 0 radical (unpaired) electrons. The average Bonchev–Trinajstić information content (AvgIpc) is 2.63. The van der Waals surface area contributed by atoms with Crippen molar-refractivity contribution in [3.05, 3.63) is 29.6 Å². The third-order valence-electron chi connectivity index (χ3n) is 2.01. The molecule has 0 saturated heterocycles. The first-order chi connectivity index (χ1) is 6.92. The number of hydrogen-bond donors (Lipinski definition) is 1. The predicted octanol–water partition coefficient (Wildman–Crippen LogP) is 3.38. The lowest BCUT2D eigenvalue weighted by Crippen LogP contribution is -1.84. The molecule has 0 spiro atoms. The minimum atomic E-state index is 0.287. The number of thioether (sulfide) groups is 1. The van der Waals surface area contributed by atoms with Crippen molar-refractivity contribution in [3.8, 4) is 0 Å². The van der Waals surface area contributed by atoms with Gasteiger partial charge in [-0.15, -0.1) is 23.1 Å². The van der Waals surface area contributed by atoms with Crippen molar-refractivity contribution >= 4 is 33.2 Å². The second-order valence-corrected chi connectivity index (χ2v) is 5.07. The van der Waals surface area contributed by atoms with Crippen LogP contribution in [0.15, 0.2) is 34.5 Å². The van der Waals surface area contributed by atoms with Crippen molar-refractivity contribution in [1.82, 2.24) is 0 Å². The Balaban J connectivity index is 2.17. The molecule has 1 N–H and O–H groups in total. The summed E-state index contributed by atoms with van der Waals surface area (Å²) in [6.45, 7) is 0.287. The lowest BCUT2D eigenvalue weighted by molar-refractivity contribution is 0.296. The highest BCUT2D eigenvalue weighted by molar-refractivity contribution is 7.99. The Morgan fingerprint density at radius 2 is 2.14 bits per heavy atom. The maximum atomic E-state index is 8.70. The number of rotatable bonds is 4. The molecule has 1 aromatic heterocycles. The molecule has 3 heteroatoms. The summed E-state index contributed by atoms with van der Waals surface area (Å²) in [6, 6.07) is 8.45. The monoisotopic (exact) mass is 224 g/mol. The third-order valence-corrected chi connectivity index (χ3v) is 4.26. The fourth-order valence-corrected chi connectivity index (χ4v) is 3.44. The van der Waals surface area contributed by atoms with E-state index in [1.165, 1.54) is 15.0 Å². The van der Waals surface area contributed by atoms with E-state index in [2.05, 4.69) is 29.6 Å². The highest BCUT2D eigenvalue weighted by Gasteiger charge is 2.02. The summed E-state index contributed by atoms with van der Waals surface area (Å²) in [4.78, 5) is 1.35. The van der Waals surface area contributed by atoms with Crippen LogP contribution in [0.5, 0.6) is 0 Å². The van der Waals surface area contributed by atoms with E-state index in [0.29, 0.717) is 0 Å². The molecule has 0 saturated carbocycles. The van der Waals surface area contributed by atoms with Crippen LogP contribution >= 0.6 is 23.1 Å². The SMILES string of the molecule is OCCCSc1csc2ccccc12. The zero-order valence-electron chi connectivity index (χ0n) is 7.77. The Kier molecular flexibility index (Phi) is 3.45. The van der Waals surface area contributed by atoms with Crippen molar-refractivity contribution < 1.29 is 5.11 Å². The normalized spacial score (nSPS) is 10.9. The first-order valence-electron chi connectivity index (χ1n) is 4.61. The van der Waals surface area contributed by atoms with E-state index in [1.54, 1.807) is 11.3 Å². The smallest absolute Gasteiger partial charge is 0.0439 e. The molecule has 1 nitrogen and oxygen atoms in total. The Morgan fingerprint density at radius 1 is 1.29 bits per heavy atom. The van der Waals surface area contributed by atoms with E-state index in [0.717, 1.165) is 12.2 Å². The minimum Gasteiger partial charge on any atom is -0.396 e. The van der Waals surface area contributed by atoms with Gasteiger partial charge in [0.15, 0.2) is 0 Å². The van der Waals surface area contributed by atoms with Crippen LogP contribution in [-0.4, -0.2) is 17.5 Å². The molecule has 1 heterocycles. The molecular formula is C11H12OS2. The summed E-state index contributed by atoms with van der Waals surface area (Å²) in [6.07, 6.45) is 0.870. The largest absolute Gasteiger partial charge is 0.396 e. The Bertz CT molecular complexity index is 408. The third kappa shape index (κ3) is 2.11. The van der Waals surface area contributed by atoms with Gasteiger partial charge in [-0.2, -0.15) is 0 Å². The molecule has 0 unspecified atom stereocenters. The van der Waals surface area contributed by atoms with Crippen molar-refractivity contribution in [2.75, 3.05) is 12.4 Å². The van der Waals surface area contributed by atoms with Crippen molar-refractivity contribution in [3.63, 3.8) is 0 Å². The summed E-state index contributed by atoms with van der Waals surface area (Å²) in [5, 5.41) is 12.2. The number of benzene rings is 1. The molecule has 74 valence electrons. The first kappa shape index (κ1) is 10.0. The molecule has 0 aliphatic rings. The summed E-state index contributed by atoms with van der Waals surface area (Å²) in [5.74, 6) is 0.997. The van der Waals surface area contributed by atoms with E-state index >= 15 is 0 Å². The molecule has 0 aliphatic heterocycles. The number of aliphatic hydroxyl groups is 1. The van der Waals surface area contributed by atoms with Gasteiger partial charge in [-0.05, 0) is 12.5 Å². The van der Waals surface area contributed by atoms with Crippen molar-refractivity contribution in [2.24, 2.45) is 0 Å². The molecule has 0 bridgehead atoms. The molecule has 0 amide bonds. The highest BCUT2D eigenvalue weighted by atomic mass is 32.2. The van der Waals surface area contributed by atoms with Crippen LogP contribution in [0.4, 0.5) is 0 Å². The van der Waals surface area contributed by atoms with Gasteiger partial charge in [0.25, 0.3) is 0 Å². The Labute approximate surface area is 91.8 Å². The number of thiophene rings is 1. The standard InChI is InChI=1S/C11H12OS2/c12-6-3-7-13-11-8-14-10-5-2-1-4-9(10)11/h1-2,4-5,8,12H,3,6-7H2. The van der Waals surface area contributed by atoms with Gasteiger partial charge in [-0.25, -0.2) is 0 Å². The van der Waals surface area contributed by atoms with E-state index in [-0.39, 0.29) is 6.61 Å². The van der Waals surface area contributed by atoms with Gasteiger partial charge in [-0.1, -0.05) is 18.2 Å². The molecule has 2 aromatic rings. The molecule has 1 aromatic carbocycles. The first-order valence-corrected chi connectivity index (χ1v) is 6.48. The van der Waals surface area contributed by atoms with Crippen molar-refractivity contribution in [2.45, 2.75) is 11.3 Å². The Morgan fingerprint density at radius 3 is 3.00 bits per heavy atom. The quantitative estimate of drug-likeness (QED) is 0.634. The van der Waals surface area contributed by atoms with Crippen LogP contribution in [-0.2, 0) is 0 Å². The van der Waals surface area contributed by atoms with E-state index < -0.39 is 0 Å². The zero-order chi connectivity index (χ0) is 9.80. The fraction of sp³-hybridized carbons (Fsp3) is 0.273. The fourth-order valence-electron chi connectivity index (χ4n) is 1.31. The molecule has 0 atom stereocenters. The van der Waals surface area contributed by atoms with Gasteiger partial charge in [0.05, 0.1) is 0 Å². The predicted molar refractivity (Wildman–Crippen MR) is 64.3 cm³/mol. The van der Waals surface area contributed by atoms with Gasteiger partial charge < -0.3 is 5.11 Å². The summed E-state index contributed by atoms with van der Waals surface area (Å²) in [5.41, 5.74) is 0. The maximum absolute atomic E-state index is 8.70. The summed E-state index contributed by atoms with van der Waals surface area (Å²) in [7, 11) is 0. The second kappa shape index (κ2) is 4.82. The number of aliphatic hydroxyl groups excluding tert-OH is 1. The Hall–Kier alpha value is -0.510. The molecule has 14 heavy (non-hydrogen) atoms. The summed E-state index contributed by atoms with van der Waals surface area (Å²) >= 11 is 3.62. The molecule has 0 aliphatic carbocycles. The average molecular weight is 224 g/mol. The van der Waals surface area contributed by atoms with Crippen LogP contribution in [0, 0.1) is 0 Å². The molecule has 0 fully saturated rings. The van der Waals surface area contributed by atoms with E-state index in [4.69, 9.17) is 5.11 Å². The molecule has 2 rings (SSSR count). The van der Waals surface area contributed by atoms with E-state index in [9.17, 15) is 0 Å². The van der Waals surface area contributed by atoms with Crippen LogP contribution in [0.2, 0.25) is 0 Å². The van der Waals surface area contributed by atoms with Crippen LogP contribution in [0.25, 0.3) is 10.1 Å². The van der Waals surface area contributed by atoms with Crippen LogP contribution in [0.3, 0.4) is 0 Å². The number of hydrogen-bond acceptors (Lipinski definition) is 3. The topological polar surface area (TPSA) is 20.2 Å². The lowest BCUT2D eigenvalue weighted by Gasteiger charge is -1.97. The highest BCUT2D eigenvalue weighted by Crippen LogP contribution is 2.33. The second-order valence-electron chi connectivity index (χ2n) is 3.02. The van der Waals surface area contributed by atoms with Crippen LogP contribution < -0.4 is 0 Å².